The zero-order valence-corrected chi connectivity index (χ0v) is 19.2. The molecule has 2 saturated heterocycles. The molecule has 0 spiro atoms. The number of piperidine rings is 1. The first kappa shape index (κ1) is 21.9. The summed E-state index contributed by atoms with van der Waals surface area (Å²) in [5, 5.41) is 1.14. The van der Waals surface area contributed by atoms with Crippen LogP contribution in [0.1, 0.15) is 54.2 Å². The van der Waals surface area contributed by atoms with E-state index in [9.17, 15) is 9.59 Å². The molecule has 4 rings (SSSR count). The molecule has 1 aromatic carbocycles. The molecular weight excluding hydrogens is 388 g/mol. The maximum atomic E-state index is 13.1. The number of nitrogens with one attached hydrogen (secondary N) is 1. The summed E-state index contributed by atoms with van der Waals surface area (Å²) in [7, 11) is 0. The average molecular weight is 425 g/mol. The summed E-state index contributed by atoms with van der Waals surface area (Å²) in [6.45, 7) is 12.6. The van der Waals surface area contributed by atoms with Gasteiger partial charge in [-0.3, -0.25) is 9.59 Å². The van der Waals surface area contributed by atoms with Gasteiger partial charge in [-0.1, -0.05) is 18.6 Å². The number of aryl methyl sites for hydroxylation is 2. The van der Waals surface area contributed by atoms with E-state index in [1.807, 2.05) is 16.7 Å². The molecule has 2 fully saturated rings. The third-order valence-corrected chi connectivity index (χ3v) is 7.27. The Balaban J connectivity index is 1.26. The van der Waals surface area contributed by atoms with Crippen LogP contribution in [-0.4, -0.2) is 77.3 Å². The van der Waals surface area contributed by atoms with Crippen LogP contribution in [0.4, 0.5) is 0 Å². The molecule has 0 bridgehead atoms. The van der Waals surface area contributed by atoms with Crippen molar-refractivity contribution >= 4 is 22.7 Å². The summed E-state index contributed by atoms with van der Waals surface area (Å²) >= 11 is 0. The number of carbonyl (C=O) groups is 2. The number of carbonyl (C=O) groups excluding carboxylic acids is 2. The summed E-state index contributed by atoms with van der Waals surface area (Å²) in [6, 6.07) is 6.27. The lowest BCUT2D eigenvalue weighted by Crippen LogP contribution is -2.48. The van der Waals surface area contributed by atoms with E-state index in [0.717, 1.165) is 87.2 Å². The molecule has 2 aliphatic heterocycles. The van der Waals surface area contributed by atoms with Gasteiger partial charge in [0.15, 0.2) is 0 Å². The molecule has 2 aromatic rings. The van der Waals surface area contributed by atoms with Crippen LogP contribution in [0.25, 0.3) is 10.9 Å². The van der Waals surface area contributed by atoms with E-state index in [1.54, 1.807) is 0 Å². The molecule has 2 aliphatic rings. The Morgan fingerprint density at radius 3 is 2.39 bits per heavy atom. The number of hydrogen-bond acceptors (Lipinski definition) is 3. The zero-order valence-electron chi connectivity index (χ0n) is 19.2. The molecule has 0 radical (unpaired) electrons. The fraction of sp³-hybridized carbons (Fsp3) is 0.600. The lowest BCUT2D eigenvalue weighted by molar-refractivity contribution is -0.133. The van der Waals surface area contributed by atoms with Crippen molar-refractivity contribution < 1.29 is 9.59 Å². The molecule has 0 unspecified atom stereocenters. The molecule has 6 nitrogen and oxygen atoms in total. The van der Waals surface area contributed by atoms with Crippen molar-refractivity contribution in [3.8, 4) is 0 Å². The van der Waals surface area contributed by atoms with Gasteiger partial charge in [-0.15, -0.1) is 0 Å². The summed E-state index contributed by atoms with van der Waals surface area (Å²) in [5.74, 6) is 0.948. The Hall–Kier alpha value is -2.34. The molecule has 1 N–H and O–H groups in total. The zero-order chi connectivity index (χ0) is 22.0. The second kappa shape index (κ2) is 9.43. The number of amides is 2. The maximum absolute atomic E-state index is 13.1. The first-order chi connectivity index (χ1) is 15.0. The van der Waals surface area contributed by atoms with E-state index >= 15 is 0 Å². The molecule has 0 aliphatic carbocycles. The highest BCUT2D eigenvalue weighted by Gasteiger charge is 2.27. The van der Waals surface area contributed by atoms with E-state index in [-0.39, 0.29) is 5.91 Å². The van der Waals surface area contributed by atoms with Gasteiger partial charge in [0.1, 0.15) is 5.69 Å². The lowest BCUT2D eigenvalue weighted by atomic mass is 9.91. The smallest absolute Gasteiger partial charge is 0.270 e. The Labute approximate surface area is 185 Å². The van der Waals surface area contributed by atoms with Crippen LogP contribution in [0.15, 0.2) is 18.2 Å². The second-order valence-corrected chi connectivity index (χ2v) is 9.26. The molecule has 0 atom stereocenters. The van der Waals surface area contributed by atoms with Gasteiger partial charge >= 0.3 is 0 Å². The van der Waals surface area contributed by atoms with Crippen molar-refractivity contribution in [2.45, 2.75) is 46.5 Å². The van der Waals surface area contributed by atoms with Gasteiger partial charge in [0.05, 0.1) is 0 Å². The van der Waals surface area contributed by atoms with Crippen molar-refractivity contribution in [3.05, 3.63) is 35.0 Å². The standard InChI is InChI=1S/C25H36N4O2/c1-4-27-13-15-28(16-14-27)23(30)8-6-20-9-11-29(12-10-20)25(31)24-19(3)21-17-18(2)5-7-22(21)26-24/h5,7,17,20,26H,4,6,8-16H2,1-3H3. The molecule has 168 valence electrons. The number of likely N-dealkylation sites (N-methyl/N-ethyl adjacent to an activating group) is 1. The molecule has 1 aromatic heterocycles. The Kier molecular flexibility index (Phi) is 6.65. The highest BCUT2D eigenvalue weighted by molar-refractivity contribution is 6.01. The largest absolute Gasteiger partial charge is 0.350 e. The highest BCUT2D eigenvalue weighted by Crippen LogP contribution is 2.27. The summed E-state index contributed by atoms with van der Waals surface area (Å²) in [6.07, 6.45) is 3.56. The number of likely N-dealkylation sites (tertiary alicyclic amines) is 1. The van der Waals surface area contributed by atoms with E-state index in [2.05, 4.69) is 41.9 Å². The van der Waals surface area contributed by atoms with E-state index in [4.69, 9.17) is 0 Å². The van der Waals surface area contributed by atoms with Crippen molar-refractivity contribution in [1.29, 1.82) is 0 Å². The molecule has 2 amide bonds. The number of benzene rings is 1. The van der Waals surface area contributed by atoms with Gasteiger partial charge < -0.3 is 19.7 Å². The van der Waals surface area contributed by atoms with Crippen LogP contribution in [0, 0.1) is 19.8 Å². The fourth-order valence-electron chi connectivity index (χ4n) is 5.04. The van der Waals surface area contributed by atoms with Crippen LogP contribution in [0.2, 0.25) is 0 Å². The third kappa shape index (κ3) is 4.79. The van der Waals surface area contributed by atoms with E-state index in [0.29, 0.717) is 18.2 Å². The van der Waals surface area contributed by atoms with Crippen molar-refractivity contribution in [1.82, 2.24) is 19.7 Å². The number of piperazine rings is 1. The topological polar surface area (TPSA) is 59.6 Å². The minimum atomic E-state index is 0.106. The highest BCUT2D eigenvalue weighted by atomic mass is 16.2. The van der Waals surface area contributed by atoms with Gasteiger partial charge in [-0.05, 0) is 63.3 Å². The van der Waals surface area contributed by atoms with E-state index in [1.165, 1.54) is 5.56 Å². The van der Waals surface area contributed by atoms with Gasteiger partial charge in [0.25, 0.3) is 5.91 Å². The SMILES string of the molecule is CCN1CCN(C(=O)CCC2CCN(C(=O)c3[nH]c4ccc(C)cc4c3C)CC2)CC1. The van der Waals surface area contributed by atoms with Crippen LogP contribution < -0.4 is 0 Å². The lowest BCUT2D eigenvalue weighted by Gasteiger charge is -2.35. The molecule has 6 heteroatoms. The molecule has 0 saturated carbocycles. The summed E-state index contributed by atoms with van der Waals surface area (Å²) in [5.41, 5.74) is 4.00. The quantitative estimate of drug-likeness (QED) is 0.798. The number of rotatable bonds is 5. The van der Waals surface area contributed by atoms with Crippen LogP contribution in [-0.2, 0) is 4.79 Å². The van der Waals surface area contributed by atoms with Gasteiger partial charge in [0.2, 0.25) is 5.91 Å². The summed E-state index contributed by atoms with van der Waals surface area (Å²) < 4.78 is 0. The molecular formula is C25H36N4O2. The Bertz CT molecular complexity index is 934. The van der Waals surface area contributed by atoms with Crippen LogP contribution in [0.5, 0.6) is 0 Å². The average Bonchev–Trinajstić information content (AvgIpc) is 3.13. The number of hydrogen-bond donors (Lipinski definition) is 1. The summed E-state index contributed by atoms with van der Waals surface area (Å²) in [4.78, 5) is 35.5. The normalized spacial score (nSPS) is 18.7. The van der Waals surface area contributed by atoms with Crippen molar-refractivity contribution in [3.63, 3.8) is 0 Å². The fourth-order valence-corrected chi connectivity index (χ4v) is 5.04. The first-order valence-electron chi connectivity index (χ1n) is 11.8. The Morgan fingerprint density at radius 1 is 1.00 bits per heavy atom. The van der Waals surface area contributed by atoms with Gasteiger partial charge in [-0.25, -0.2) is 0 Å². The second-order valence-electron chi connectivity index (χ2n) is 9.26. The molecule has 3 heterocycles. The first-order valence-corrected chi connectivity index (χ1v) is 11.8. The predicted octanol–water partition coefficient (Wildman–Crippen LogP) is 3.58. The maximum Gasteiger partial charge on any atom is 0.270 e. The van der Waals surface area contributed by atoms with Gasteiger partial charge in [0, 0.05) is 56.6 Å². The van der Waals surface area contributed by atoms with Crippen molar-refractivity contribution in [2.75, 3.05) is 45.8 Å². The number of aromatic nitrogens is 1. The van der Waals surface area contributed by atoms with Crippen molar-refractivity contribution in [2.24, 2.45) is 5.92 Å². The minimum Gasteiger partial charge on any atom is -0.350 e. The number of H-pyrrole nitrogens is 1. The molecule has 31 heavy (non-hydrogen) atoms. The van der Waals surface area contributed by atoms with E-state index < -0.39 is 0 Å². The predicted molar refractivity (Wildman–Crippen MR) is 124 cm³/mol. The number of aromatic amines is 1. The van der Waals surface area contributed by atoms with Gasteiger partial charge in [-0.2, -0.15) is 0 Å². The monoisotopic (exact) mass is 424 g/mol. The third-order valence-electron chi connectivity index (χ3n) is 7.27. The van der Waals surface area contributed by atoms with Crippen LogP contribution in [0.3, 0.4) is 0 Å². The number of fused-ring (bicyclic) bond motifs is 1. The minimum absolute atomic E-state index is 0.106. The van der Waals surface area contributed by atoms with Crippen LogP contribution >= 0.6 is 0 Å². The number of nitrogens with zero attached hydrogens (tertiary/aromatic N) is 3. The Morgan fingerprint density at radius 2 is 1.71 bits per heavy atom.